The van der Waals surface area contributed by atoms with Crippen molar-refractivity contribution in [3.8, 4) is 0 Å². The van der Waals surface area contributed by atoms with Crippen molar-refractivity contribution in [1.29, 1.82) is 0 Å². The van der Waals surface area contributed by atoms with Crippen LogP contribution in [-0.4, -0.2) is 95.9 Å². The van der Waals surface area contributed by atoms with Gasteiger partial charge in [-0.25, -0.2) is 9.13 Å². The molecular formula is C93H164O16P2. The molecule has 0 saturated carbocycles. The Morgan fingerprint density at radius 1 is 0.252 bits per heavy atom. The van der Waals surface area contributed by atoms with Gasteiger partial charge >= 0.3 is 33.6 Å². The quantitative estimate of drug-likeness (QED) is 0.0146. The molecule has 0 aromatic heterocycles. The second kappa shape index (κ2) is 85.3. The van der Waals surface area contributed by atoms with Gasteiger partial charge in [0.2, 0.25) is 0 Å². The summed E-state index contributed by atoms with van der Waals surface area (Å²) in [6, 6.07) is 0. The van der Waals surface area contributed by atoms with Gasteiger partial charge in [0.25, 0.3) is 0 Å². The average Bonchev–Trinajstić information content (AvgIpc) is 0.902. The number of allylic oxidation sites excluding steroid dienone is 20. The number of carbonyl (C=O) groups is 3. The van der Waals surface area contributed by atoms with Crippen molar-refractivity contribution in [2.45, 2.75) is 411 Å². The van der Waals surface area contributed by atoms with Gasteiger partial charge < -0.3 is 34.2 Å². The molecular weight excluding hydrogens is 1430 g/mol. The third kappa shape index (κ3) is 86.6. The summed E-state index contributed by atoms with van der Waals surface area (Å²) < 4.78 is 61.3. The predicted octanol–water partition coefficient (Wildman–Crippen LogP) is 27.2. The highest BCUT2D eigenvalue weighted by Gasteiger charge is 2.29. The van der Waals surface area contributed by atoms with Gasteiger partial charge in [-0.2, -0.15) is 0 Å². The maximum absolute atomic E-state index is 13.0. The van der Waals surface area contributed by atoms with E-state index in [0.717, 1.165) is 135 Å². The summed E-state index contributed by atoms with van der Waals surface area (Å²) in [4.78, 5) is 58.8. The molecule has 16 nitrogen and oxygen atoms in total. The molecule has 111 heavy (non-hydrogen) atoms. The van der Waals surface area contributed by atoms with Gasteiger partial charge in [0, 0.05) is 19.3 Å². The molecule has 0 amide bonds. The fourth-order valence-corrected chi connectivity index (χ4v) is 13.9. The van der Waals surface area contributed by atoms with Gasteiger partial charge in [0.1, 0.15) is 25.4 Å². The predicted molar refractivity (Wildman–Crippen MR) is 463 cm³/mol. The van der Waals surface area contributed by atoms with E-state index in [1.165, 1.54) is 199 Å². The lowest BCUT2D eigenvalue weighted by atomic mass is 10.0. The average molecular weight is 1600 g/mol. The van der Waals surface area contributed by atoms with Crippen LogP contribution in [0.15, 0.2) is 122 Å². The number of hydrogen-bond acceptors (Lipinski definition) is 14. The number of esters is 3. The number of aliphatic hydroxyl groups excluding tert-OH is 2. The van der Waals surface area contributed by atoms with E-state index < -0.39 is 91.5 Å². The van der Waals surface area contributed by atoms with Crippen LogP contribution in [0, 0.1) is 0 Å². The Bertz CT molecular complexity index is 2500. The Morgan fingerprint density at radius 2 is 0.450 bits per heavy atom. The minimum atomic E-state index is -4.94. The van der Waals surface area contributed by atoms with Gasteiger partial charge in [-0.1, -0.05) is 354 Å². The number of phosphoric ester groups is 2. The largest absolute Gasteiger partial charge is 0.472 e. The smallest absolute Gasteiger partial charge is 0.463 e. The second-order valence-electron chi connectivity index (χ2n) is 30.0. The Balaban J connectivity index is 4.46. The van der Waals surface area contributed by atoms with Crippen molar-refractivity contribution in [3.63, 3.8) is 0 Å². The first kappa shape index (κ1) is 107. The first-order valence-electron chi connectivity index (χ1n) is 44.8. The number of phosphoric acid groups is 2. The Labute approximate surface area is 678 Å². The van der Waals surface area contributed by atoms with Crippen molar-refractivity contribution in [3.05, 3.63) is 122 Å². The summed E-state index contributed by atoms with van der Waals surface area (Å²) in [5.41, 5.74) is 0. The Kier molecular flexibility index (Phi) is 82.2. The van der Waals surface area contributed by atoms with Gasteiger partial charge in [-0.15, -0.1) is 0 Å². The summed E-state index contributed by atoms with van der Waals surface area (Å²) in [5.74, 6) is -1.58. The Morgan fingerprint density at radius 3 is 0.712 bits per heavy atom. The lowest BCUT2D eigenvalue weighted by Crippen LogP contribution is -2.30. The van der Waals surface area contributed by atoms with Crippen LogP contribution in [0.1, 0.15) is 393 Å². The lowest BCUT2D eigenvalue weighted by molar-refractivity contribution is -0.161. The molecule has 0 aromatic carbocycles. The molecule has 0 aromatic rings. The van der Waals surface area contributed by atoms with Crippen molar-refractivity contribution >= 4 is 33.6 Å². The molecule has 642 valence electrons. The number of rotatable bonds is 85. The molecule has 0 rings (SSSR count). The fourth-order valence-electron chi connectivity index (χ4n) is 12.3. The normalized spacial score (nSPS) is 14.4. The molecule has 0 aliphatic heterocycles. The van der Waals surface area contributed by atoms with Gasteiger partial charge in [-0.3, -0.25) is 32.5 Å². The SMILES string of the molecule is CCCCC/C=C\C/C=C\C/C=C\C/C=C\CCCCCCCCCCCCCCCCCCCC(=O)OCC(O)COP(=O)(O)OCC(O)COP(=O)(O)OCC(COC(=O)CCCCCCCCCCCCC/C=C\C/C=C\C/C=C\C/C=C\CCCCC)OC(=O)CCCCCCC/C=C\C/C=C\CCCCC. The van der Waals surface area contributed by atoms with Crippen LogP contribution in [0.25, 0.3) is 0 Å². The summed E-state index contributed by atoms with van der Waals surface area (Å²) in [6.07, 6.45) is 104. The third-order valence-electron chi connectivity index (χ3n) is 19.1. The summed E-state index contributed by atoms with van der Waals surface area (Å²) in [6.45, 7) is 2.63. The van der Waals surface area contributed by atoms with Gasteiger partial charge in [-0.05, 0) is 141 Å². The number of ether oxygens (including phenoxy) is 3. The monoisotopic (exact) mass is 1600 g/mol. The maximum Gasteiger partial charge on any atom is 0.472 e. The molecule has 0 aliphatic rings. The standard InChI is InChI=1S/C93H164O16P2/c1-4-7-10-13-16-19-22-25-28-30-32-34-36-38-40-41-42-43-44-45-47-49-50-52-54-56-59-61-64-67-70-73-76-79-91(96)103-82-88(94)83-105-110(99,100)106-84-89(95)85-107-111(101,102)108-87-90(109-93(98)81-78-75-72-69-66-63-58-27-24-21-18-15-12-9-6-3)86-104-92(97)80-77-74-71-68-65-62-60-57-55-53-51-48-46-39-37-35-33-31-29-26-23-20-17-14-11-8-5-2/h16-21,25-29,32-35,38-40,46,58,88-90,94-95H,4-15,22-24,30-31,36-37,41-45,47-57,59-87H2,1-3H3,(H,99,100)(H,101,102)/b19-16-,20-17-,21-18-,28-25-,29-26-,34-32-,35-33-,40-38-,46-39-,58-27-. The fraction of sp³-hybridized carbons (Fsp3) is 0.753. The maximum atomic E-state index is 13.0. The van der Waals surface area contributed by atoms with Crippen LogP contribution in [-0.2, 0) is 55.8 Å². The van der Waals surface area contributed by atoms with Crippen LogP contribution < -0.4 is 0 Å². The van der Waals surface area contributed by atoms with E-state index in [0.29, 0.717) is 19.3 Å². The third-order valence-corrected chi connectivity index (χ3v) is 21.0. The zero-order chi connectivity index (χ0) is 80.8. The summed E-state index contributed by atoms with van der Waals surface area (Å²) >= 11 is 0. The molecule has 5 unspecified atom stereocenters. The number of hydrogen-bond donors (Lipinski definition) is 4. The van der Waals surface area contributed by atoms with Crippen LogP contribution in [0.4, 0.5) is 0 Å². The molecule has 0 saturated heterocycles. The van der Waals surface area contributed by atoms with E-state index in [4.69, 9.17) is 32.3 Å². The van der Waals surface area contributed by atoms with E-state index in [1.807, 2.05) is 0 Å². The highest BCUT2D eigenvalue weighted by atomic mass is 31.2. The van der Waals surface area contributed by atoms with Crippen LogP contribution in [0.3, 0.4) is 0 Å². The van der Waals surface area contributed by atoms with E-state index >= 15 is 0 Å². The highest BCUT2D eigenvalue weighted by molar-refractivity contribution is 7.47. The number of carbonyl (C=O) groups excluding carboxylic acids is 3. The van der Waals surface area contributed by atoms with Gasteiger partial charge in [0.05, 0.1) is 26.4 Å². The minimum absolute atomic E-state index is 0.0876. The lowest BCUT2D eigenvalue weighted by Gasteiger charge is -2.21. The first-order valence-corrected chi connectivity index (χ1v) is 47.8. The zero-order valence-electron chi connectivity index (χ0n) is 70.6. The van der Waals surface area contributed by atoms with E-state index in [-0.39, 0.29) is 19.3 Å². The molecule has 4 N–H and O–H groups in total. The molecule has 18 heteroatoms. The summed E-state index contributed by atoms with van der Waals surface area (Å²) in [5, 5.41) is 20.7. The molecule has 0 heterocycles. The molecule has 0 aliphatic carbocycles. The van der Waals surface area contributed by atoms with Gasteiger partial charge in [0.15, 0.2) is 6.10 Å². The van der Waals surface area contributed by atoms with Crippen LogP contribution in [0.2, 0.25) is 0 Å². The minimum Gasteiger partial charge on any atom is -0.463 e. The molecule has 0 fully saturated rings. The van der Waals surface area contributed by atoms with E-state index in [1.54, 1.807) is 0 Å². The number of aliphatic hydroxyl groups is 2. The van der Waals surface area contributed by atoms with Crippen LogP contribution in [0.5, 0.6) is 0 Å². The number of unbranched alkanes of at least 4 members (excludes halogenated alkanes) is 42. The molecule has 0 spiro atoms. The highest BCUT2D eigenvalue weighted by Crippen LogP contribution is 2.45. The zero-order valence-corrected chi connectivity index (χ0v) is 72.4. The van der Waals surface area contributed by atoms with Crippen molar-refractivity contribution in [1.82, 2.24) is 0 Å². The topological polar surface area (TPSA) is 231 Å². The van der Waals surface area contributed by atoms with Crippen molar-refractivity contribution in [2.75, 3.05) is 39.6 Å². The first-order chi connectivity index (χ1) is 54.2. The van der Waals surface area contributed by atoms with E-state index in [9.17, 15) is 43.5 Å². The van der Waals surface area contributed by atoms with Crippen molar-refractivity contribution in [2.24, 2.45) is 0 Å². The summed E-state index contributed by atoms with van der Waals surface area (Å²) in [7, 11) is -9.80. The molecule has 5 atom stereocenters. The second-order valence-corrected chi connectivity index (χ2v) is 32.9. The molecule has 0 radical (unpaired) electrons. The van der Waals surface area contributed by atoms with Crippen molar-refractivity contribution < 1.29 is 75.8 Å². The molecule has 0 bridgehead atoms. The Hall–Kier alpha value is -4.05. The van der Waals surface area contributed by atoms with E-state index in [2.05, 4.69) is 142 Å². The van der Waals surface area contributed by atoms with Crippen LogP contribution >= 0.6 is 15.6 Å².